The number of aromatic amines is 1. The molecule has 6 rings (SSSR count). The Hall–Kier alpha value is -3.69. The normalized spacial score (nSPS) is 17.2. The minimum atomic E-state index is 0.672. The first-order valence-corrected chi connectivity index (χ1v) is 12.2. The van der Waals surface area contributed by atoms with E-state index in [2.05, 4.69) is 85.8 Å². The summed E-state index contributed by atoms with van der Waals surface area (Å²) in [6.45, 7) is 7.58. The van der Waals surface area contributed by atoms with Crippen LogP contribution in [0.25, 0.3) is 22.4 Å². The molecule has 2 aliphatic heterocycles. The van der Waals surface area contributed by atoms with Gasteiger partial charge in [-0.15, -0.1) is 0 Å². The zero-order valence-corrected chi connectivity index (χ0v) is 19.9. The van der Waals surface area contributed by atoms with Crippen molar-refractivity contribution < 1.29 is 4.74 Å². The highest BCUT2D eigenvalue weighted by molar-refractivity contribution is 5.88. The summed E-state index contributed by atoms with van der Waals surface area (Å²) >= 11 is 0. The van der Waals surface area contributed by atoms with Crippen molar-refractivity contribution in [2.24, 2.45) is 0 Å². The molecule has 2 saturated heterocycles. The molecule has 2 fully saturated rings. The van der Waals surface area contributed by atoms with Crippen LogP contribution in [0, 0.1) is 0 Å². The van der Waals surface area contributed by atoms with E-state index in [1.807, 2.05) is 0 Å². The van der Waals surface area contributed by atoms with E-state index in [1.54, 1.807) is 6.20 Å². The highest BCUT2D eigenvalue weighted by atomic mass is 16.5. The zero-order chi connectivity index (χ0) is 23.6. The summed E-state index contributed by atoms with van der Waals surface area (Å²) in [6.07, 6.45) is 1.74. The number of likely N-dealkylation sites (N-methyl/N-ethyl adjacent to an activating group) is 1. The third-order valence-electron chi connectivity index (χ3n) is 6.78. The minimum absolute atomic E-state index is 0.672. The number of piperazine rings is 1. The van der Waals surface area contributed by atoms with Gasteiger partial charge in [0.15, 0.2) is 11.6 Å². The number of rotatable bonds is 5. The quantitative estimate of drug-likeness (QED) is 0.459. The van der Waals surface area contributed by atoms with E-state index in [0.29, 0.717) is 11.6 Å². The van der Waals surface area contributed by atoms with Crippen LogP contribution in [-0.4, -0.2) is 84.6 Å². The van der Waals surface area contributed by atoms with Crippen molar-refractivity contribution in [1.82, 2.24) is 25.1 Å². The summed E-state index contributed by atoms with van der Waals surface area (Å²) in [7, 11) is 2.18. The van der Waals surface area contributed by atoms with Gasteiger partial charge in [-0.2, -0.15) is 5.10 Å². The molecule has 9 nitrogen and oxygen atoms in total. The molecular weight excluding hydrogens is 440 g/mol. The fourth-order valence-electron chi connectivity index (χ4n) is 4.68. The van der Waals surface area contributed by atoms with Crippen molar-refractivity contribution in [2.75, 3.05) is 74.6 Å². The van der Waals surface area contributed by atoms with Crippen LogP contribution in [0.4, 0.5) is 22.9 Å². The lowest BCUT2D eigenvalue weighted by Gasteiger charge is -2.34. The van der Waals surface area contributed by atoms with Gasteiger partial charge in [-0.3, -0.25) is 5.10 Å². The third-order valence-corrected chi connectivity index (χ3v) is 6.78. The Morgan fingerprint density at radius 1 is 0.857 bits per heavy atom. The van der Waals surface area contributed by atoms with Crippen LogP contribution in [0.15, 0.2) is 54.7 Å². The molecule has 180 valence electrons. The van der Waals surface area contributed by atoms with E-state index in [9.17, 15) is 0 Å². The molecular formula is C26H30N8O. The SMILES string of the molecule is CN1CCN(c2ccc(Nc3nc(-c4cccc(N5CCOCC5)c4)nc4cn[nH]c34)cc2)CC1. The fourth-order valence-corrected chi connectivity index (χ4v) is 4.68. The van der Waals surface area contributed by atoms with Gasteiger partial charge in [0.1, 0.15) is 11.0 Å². The first kappa shape index (κ1) is 21.8. The van der Waals surface area contributed by atoms with Gasteiger partial charge in [0, 0.05) is 61.9 Å². The van der Waals surface area contributed by atoms with Crippen molar-refractivity contribution in [3.8, 4) is 11.4 Å². The largest absolute Gasteiger partial charge is 0.378 e. The van der Waals surface area contributed by atoms with Gasteiger partial charge in [-0.1, -0.05) is 12.1 Å². The lowest BCUT2D eigenvalue weighted by molar-refractivity contribution is 0.122. The Balaban J connectivity index is 1.27. The van der Waals surface area contributed by atoms with Crippen molar-refractivity contribution >= 4 is 33.9 Å². The number of aromatic nitrogens is 4. The molecule has 2 N–H and O–H groups in total. The van der Waals surface area contributed by atoms with Crippen molar-refractivity contribution in [3.05, 3.63) is 54.7 Å². The molecule has 35 heavy (non-hydrogen) atoms. The Morgan fingerprint density at radius 2 is 1.63 bits per heavy atom. The van der Waals surface area contributed by atoms with Gasteiger partial charge in [0.2, 0.25) is 0 Å². The lowest BCUT2D eigenvalue weighted by atomic mass is 10.1. The molecule has 0 atom stereocenters. The first-order chi connectivity index (χ1) is 17.2. The van der Waals surface area contributed by atoms with Crippen molar-refractivity contribution in [3.63, 3.8) is 0 Å². The maximum atomic E-state index is 5.50. The third kappa shape index (κ3) is 4.65. The molecule has 2 aromatic heterocycles. The Morgan fingerprint density at radius 3 is 2.43 bits per heavy atom. The number of benzene rings is 2. The highest BCUT2D eigenvalue weighted by Gasteiger charge is 2.16. The number of fused-ring (bicyclic) bond motifs is 1. The minimum Gasteiger partial charge on any atom is -0.378 e. The summed E-state index contributed by atoms with van der Waals surface area (Å²) in [4.78, 5) is 16.8. The molecule has 2 aromatic carbocycles. The average molecular weight is 471 g/mol. The second-order valence-corrected chi connectivity index (χ2v) is 9.14. The molecule has 0 bridgehead atoms. The average Bonchev–Trinajstić information content (AvgIpc) is 3.40. The van der Waals surface area contributed by atoms with Crippen LogP contribution >= 0.6 is 0 Å². The molecule has 0 amide bonds. The van der Waals surface area contributed by atoms with E-state index >= 15 is 0 Å². The van der Waals surface area contributed by atoms with Gasteiger partial charge in [-0.25, -0.2) is 9.97 Å². The van der Waals surface area contributed by atoms with Crippen LogP contribution in [-0.2, 0) is 4.74 Å². The van der Waals surface area contributed by atoms with Crippen LogP contribution in [0.5, 0.6) is 0 Å². The standard InChI is InChI=1S/C26H30N8O/c1-32-9-11-33(12-10-32)21-7-5-20(6-8-21)28-26-24-23(18-27-31-24)29-25(30-26)19-3-2-4-22(17-19)34-13-15-35-16-14-34/h2-8,17-18H,9-16H2,1H3,(H,27,31)(H,28,29,30). The van der Waals surface area contributed by atoms with Crippen LogP contribution in [0.3, 0.4) is 0 Å². The number of anilines is 4. The second-order valence-electron chi connectivity index (χ2n) is 9.14. The molecule has 0 aliphatic carbocycles. The summed E-state index contributed by atoms with van der Waals surface area (Å²) in [5, 5.41) is 10.7. The fraction of sp³-hybridized carbons (Fsp3) is 0.346. The molecule has 0 unspecified atom stereocenters. The predicted octanol–water partition coefficient (Wildman–Crippen LogP) is 3.35. The monoisotopic (exact) mass is 470 g/mol. The van der Waals surface area contributed by atoms with Crippen molar-refractivity contribution in [2.45, 2.75) is 0 Å². The van der Waals surface area contributed by atoms with E-state index < -0.39 is 0 Å². The van der Waals surface area contributed by atoms with Gasteiger partial charge >= 0.3 is 0 Å². The molecule has 4 heterocycles. The predicted molar refractivity (Wildman–Crippen MR) is 140 cm³/mol. The van der Waals surface area contributed by atoms with Gasteiger partial charge in [0.05, 0.1) is 19.4 Å². The van der Waals surface area contributed by atoms with E-state index in [-0.39, 0.29) is 0 Å². The molecule has 0 saturated carbocycles. The Labute approximate surface area is 204 Å². The highest BCUT2D eigenvalue weighted by Crippen LogP contribution is 2.29. The summed E-state index contributed by atoms with van der Waals surface area (Å²) in [5.74, 6) is 1.39. The molecule has 9 heteroatoms. The van der Waals surface area contributed by atoms with Crippen LogP contribution in [0.1, 0.15) is 0 Å². The van der Waals surface area contributed by atoms with E-state index in [4.69, 9.17) is 14.7 Å². The summed E-state index contributed by atoms with van der Waals surface area (Å²) in [5.41, 5.74) is 5.94. The molecule has 2 aliphatic rings. The van der Waals surface area contributed by atoms with Crippen LogP contribution < -0.4 is 15.1 Å². The number of hydrogen-bond acceptors (Lipinski definition) is 8. The number of hydrogen-bond donors (Lipinski definition) is 2. The second kappa shape index (κ2) is 9.52. The number of ether oxygens (including phenoxy) is 1. The maximum Gasteiger partial charge on any atom is 0.162 e. The van der Waals surface area contributed by atoms with Crippen LogP contribution in [0.2, 0.25) is 0 Å². The Bertz CT molecular complexity index is 1290. The van der Waals surface area contributed by atoms with Gasteiger partial charge in [-0.05, 0) is 43.4 Å². The first-order valence-electron chi connectivity index (χ1n) is 12.2. The number of nitrogens with one attached hydrogen (secondary N) is 2. The molecule has 4 aromatic rings. The zero-order valence-electron chi connectivity index (χ0n) is 19.9. The number of morpholine rings is 1. The van der Waals surface area contributed by atoms with E-state index in [1.165, 1.54) is 5.69 Å². The summed E-state index contributed by atoms with van der Waals surface area (Å²) < 4.78 is 5.50. The Kier molecular flexibility index (Phi) is 5.93. The maximum absolute atomic E-state index is 5.50. The number of nitrogens with zero attached hydrogens (tertiary/aromatic N) is 6. The van der Waals surface area contributed by atoms with Gasteiger partial charge in [0.25, 0.3) is 0 Å². The topological polar surface area (TPSA) is 85.4 Å². The van der Waals surface area contributed by atoms with E-state index in [0.717, 1.165) is 80.5 Å². The molecule has 0 radical (unpaired) electrons. The summed E-state index contributed by atoms with van der Waals surface area (Å²) in [6, 6.07) is 17.0. The molecule has 0 spiro atoms. The lowest BCUT2D eigenvalue weighted by Crippen LogP contribution is -2.44. The smallest absolute Gasteiger partial charge is 0.162 e. The van der Waals surface area contributed by atoms with Gasteiger partial charge < -0.3 is 24.8 Å². The number of H-pyrrole nitrogens is 1. The van der Waals surface area contributed by atoms with Crippen molar-refractivity contribution in [1.29, 1.82) is 0 Å².